The van der Waals surface area contributed by atoms with Gasteiger partial charge in [-0.05, 0) is 31.2 Å². The zero-order chi connectivity index (χ0) is 22.1. The molecule has 1 fully saturated rings. The average Bonchev–Trinajstić information content (AvgIpc) is 3.27. The van der Waals surface area contributed by atoms with Crippen molar-refractivity contribution in [2.24, 2.45) is 0 Å². The summed E-state index contributed by atoms with van der Waals surface area (Å²) in [5.74, 6) is 0.633. The van der Waals surface area contributed by atoms with Gasteiger partial charge in [-0.1, -0.05) is 23.8 Å². The van der Waals surface area contributed by atoms with Gasteiger partial charge in [0.05, 0.1) is 49.6 Å². The molecule has 0 saturated carbocycles. The monoisotopic (exact) mass is 429 g/mol. The predicted octanol–water partition coefficient (Wildman–Crippen LogP) is 3.55. The lowest BCUT2D eigenvalue weighted by molar-refractivity contribution is -0.0249. The first-order valence-corrected chi connectivity index (χ1v) is 10.4. The van der Waals surface area contributed by atoms with Gasteiger partial charge in [0, 0.05) is 17.5 Å². The fourth-order valence-corrected chi connectivity index (χ4v) is 3.91. The number of ether oxygens (including phenoxy) is 2. The Balaban J connectivity index is 1.39. The van der Waals surface area contributed by atoms with Crippen LogP contribution in [0.5, 0.6) is 5.75 Å². The van der Waals surface area contributed by atoms with Gasteiger partial charge >= 0.3 is 0 Å². The van der Waals surface area contributed by atoms with E-state index in [0.29, 0.717) is 31.1 Å². The maximum Gasteiger partial charge on any atom is 0.275 e. The summed E-state index contributed by atoms with van der Waals surface area (Å²) in [6.07, 6.45) is 3.04. The summed E-state index contributed by atoms with van der Waals surface area (Å²) in [4.78, 5) is 24.1. The highest BCUT2D eigenvalue weighted by atomic mass is 16.5. The van der Waals surface area contributed by atoms with Gasteiger partial charge < -0.3 is 14.4 Å². The Kier molecular flexibility index (Phi) is 5.28. The minimum absolute atomic E-state index is 0.118. The number of methoxy groups -OCH3 is 1. The van der Waals surface area contributed by atoms with Crippen LogP contribution in [-0.2, 0) is 4.74 Å². The third kappa shape index (κ3) is 3.80. The highest BCUT2D eigenvalue weighted by molar-refractivity contribution is 6.04. The number of aryl methyl sites for hydroxylation is 1. The Morgan fingerprint density at radius 2 is 2.12 bits per heavy atom. The Bertz CT molecular complexity index is 1290. The molecule has 1 aliphatic heterocycles. The van der Waals surface area contributed by atoms with Crippen LogP contribution in [0.15, 0.2) is 54.9 Å². The molecule has 32 heavy (non-hydrogen) atoms. The molecule has 1 saturated heterocycles. The molecule has 162 valence electrons. The van der Waals surface area contributed by atoms with Crippen LogP contribution in [0.3, 0.4) is 0 Å². The molecule has 2 aromatic heterocycles. The van der Waals surface area contributed by atoms with Crippen molar-refractivity contribution in [3.8, 4) is 17.0 Å². The summed E-state index contributed by atoms with van der Waals surface area (Å²) in [5.41, 5.74) is 4.67. The predicted molar refractivity (Wildman–Crippen MR) is 119 cm³/mol. The van der Waals surface area contributed by atoms with Crippen molar-refractivity contribution in [2.75, 3.05) is 26.8 Å². The van der Waals surface area contributed by atoms with Crippen molar-refractivity contribution in [3.05, 3.63) is 71.8 Å². The van der Waals surface area contributed by atoms with E-state index in [2.05, 4.69) is 15.2 Å². The molecule has 2 aromatic carbocycles. The number of fused-ring (bicyclic) bond motifs is 1. The van der Waals surface area contributed by atoms with E-state index in [1.807, 2.05) is 49.4 Å². The normalized spacial score (nSPS) is 16.3. The van der Waals surface area contributed by atoms with Crippen LogP contribution >= 0.6 is 0 Å². The van der Waals surface area contributed by atoms with Crippen molar-refractivity contribution in [3.63, 3.8) is 0 Å². The number of nitrogens with zero attached hydrogens (tertiary/aromatic N) is 4. The van der Waals surface area contributed by atoms with E-state index in [1.54, 1.807) is 24.4 Å². The summed E-state index contributed by atoms with van der Waals surface area (Å²) in [7, 11) is 1.63. The minimum atomic E-state index is -0.363. The van der Waals surface area contributed by atoms with E-state index < -0.39 is 0 Å². The van der Waals surface area contributed by atoms with Crippen molar-refractivity contribution >= 4 is 16.8 Å². The fourth-order valence-electron chi connectivity index (χ4n) is 3.91. The van der Waals surface area contributed by atoms with E-state index in [9.17, 15) is 4.79 Å². The molecule has 1 N–H and O–H groups in total. The lowest BCUT2D eigenvalue weighted by atomic mass is 10.1. The molecule has 0 bridgehead atoms. The third-order valence-corrected chi connectivity index (χ3v) is 5.62. The number of amides is 1. The molecule has 0 unspecified atom stereocenters. The largest absolute Gasteiger partial charge is 0.497 e. The number of carbonyl (C=O) groups excluding carboxylic acids is 1. The molecule has 5 rings (SSSR count). The molecule has 1 aliphatic rings. The van der Waals surface area contributed by atoms with Gasteiger partial charge in [-0.3, -0.25) is 14.9 Å². The number of morpholine rings is 1. The number of rotatable bonds is 4. The second kappa shape index (κ2) is 8.39. The maximum atomic E-state index is 13.3. The zero-order valence-corrected chi connectivity index (χ0v) is 17.9. The summed E-state index contributed by atoms with van der Waals surface area (Å²) in [6, 6.07) is 13.6. The smallest absolute Gasteiger partial charge is 0.275 e. The molecule has 0 spiro atoms. The molecule has 1 atom stereocenters. The number of nitrogens with one attached hydrogen (secondary N) is 1. The number of H-pyrrole nitrogens is 1. The lowest BCUT2D eigenvalue weighted by Gasteiger charge is -2.32. The molecule has 8 nitrogen and oxygen atoms in total. The van der Waals surface area contributed by atoms with Gasteiger partial charge in [0.1, 0.15) is 11.9 Å². The van der Waals surface area contributed by atoms with Crippen molar-refractivity contribution < 1.29 is 14.3 Å². The topological polar surface area (TPSA) is 93.2 Å². The number of carbonyl (C=O) groups is 1. The number of benzene rings is 2. The fraction of sp³-hybridized carbons (Fsp3) is 0.250. The summed E-state index contributed by atoms with van der Waals surface area (Å²) in [5, 5.41) is 8.07. The highest BCUT2D eigenvalue weighted by Gasteiger charge is 2.29. The Morgan fingerprint density at radius 3 is 3.00 bits per heavy atom. The quantitative estimate of drug-likeness (QED) is 0.533. The van der Waals surface area contributed by atoms with Gasteiger partial charge in [-0.25, -0.2) is 4.98 Å². The van der Waals surface area contributed by atoms with E-state index in [0.717, 1.165) is 33.5 Å². The summed E-state index contributed by atoms with van der Waals surface area (Å²) in [6.45, 7) is 3.30. The molecule has 1 amide bonds. The molecular formula is C24H23N5O3. The number of hydrogen-bond acceptors (Lipinski definition) is 6. The Morgan fingerprint density at radius 1 is 1.22 bits per heavy atom. The standard InChI is InChI=1S/C24H23N5O3/c1-15-6-7-19-18(10-15)23(28-27-19)24(30)29-8-9-32-22(14-29)21-13-25-12-20(26-21)16-4-3-5-17(11-16)31-2/h3-7,10-13,22H,8-9,14H2,1-2H3,(H,27,28)/t22-/m0/s1. The molecule has 4 aromatic rings. The summed E-state index contributed by atoms with van der Waals surface area (Å²) < 4.78 is 11.3. The van der Waals surface area contributed by atoms with Crippen LogP contribution in [0.2, 0.25) is 0 Å². The Hall–Kier alpha value is -3.78. The third-order valence-electron chi connectivity index (χ3n) is 5.62. The maximum absolute atomic E-state index is 13.3. The van der Waals surface area contributed by atoms with E-state index >= 15 is 0 Å². The second-order valence-electron chi connectivity index (χ2n) is 7.79. The second-order valence-corrected chi connectivity index (χ2v) is 7.79. The van der Waals surface area contributed by atoms with Crippen LogP contribution in [-0.4, -0.2) is 57.8 Å². The molecule has 0 radical (unpaired) electrons. The van der Waals surface area contributed by atoms with Crippen molar-refractivity contribution in [1.82, 2.24) is 25.1 Å². The molecule has 8 heteroatoms. The minimum Gasteiger partial charge on any atom is -0.497 e. The first kappa shape index (κ1) is 20.1. The zero-order valence-electron chi connectivity index (χ0n) is 17.9. The van der Waals surface area contributed by atoms with Crippen LogP contribution in [0.4, 0.5) is 0 Å². The van der Waals surface area contributed by atoms with Crippen molar-refractivity contribution in [2.45, 2.75) is 13.0 Å². The number of hydrogen-bond donors (Lipinski definition) is 1. The lowest BCUT2D eigenvalue weighted by Crippen LogP contribution is -2.42. The van der Waals surface area contributed by atoms with Crippen molar-refractivity contribution in [1.29, 1.82) is 0 Å². The molecule has 0 aliphatic carbocycles. The van der Waals surface area contributed by atoms with Gasteiger partial charge in [-0.15, -0.1) is 0 Å². The van der Waals surface area contributed by atoms with E-state index in [1.165, 1.54) is 0 Å². The van der Waals surface area contributed by atoms with Gasteiger partial charge in [0.2, 0.25) is 0 Å². The average molecular weight is 429 g/mol. The van der Waals surface area contributed by atoms with Gasteiger partial charge in [0.25, 0.3) is 5.91 Å². The van der Waals surface area contributed by atoms with Crippen LogP contribution < -0.4 is 4.74 Å². The van der Waals surface area contributed by atoms with Gasteiger partial charge in [0.15, 0.2) is 5.69 Å². The molecule has 3 heterocycles. The molecular weight excluding hydrogens is 406 g/mol. The first-order chi connectivity index (χ1) is 15.6. The summed E-state index contributed by atoms with van der Waals surface area (Å²) >= 11 is 0. The van der Waals surface area contributed by atoms with Crippen LogP contribution in [0, 0.1) is 6.92 Å². The van der Waals surface area contributed by atoms with Crippen LogP contribution in [0.1, 0.15) is 27.8 Å². The number of aromatic amines is 1. The number of aromatic nitrogens is 4. The van der Waals surface area contributed by atoms with Gasteiger partial charge in [-0.2, -0.15) is 5.10 Å². The SMILES string of the molecule is COc1cccc(-c2cncc([C@@H]3CN(C(=O)c4n[nH]c5ccc(C)cc45)CCO3)n2)c1. The first-order valence-electron chi connectivity index (χ1n) is 10.4. The van der Waals surface area contributed by atoms with E-state index in [-0.39, 0.29) is 12.0 Å². The van der Waals surface area contributed by atoms with E-state index in [4.69, 9.17) is 14.5 Å². The Labute approximate surface area is 185 Å². The van der Waals surface area contributed by atoms with Crippen LogP contribution in [0.25, 0.3) is 22.2 Å². The highest BCUT2D eigenvalue weighted by Crippen LogP contribution is 2.27.